The van der Waals surface area contributed by atoms with Crippen LogP contribution in [0.1, 0.15) is 5.56 Å². The number of halogens is 6. The summed E-state index contributed by atoms with van der Waals surface area (Å²) in [7, 11) is 0. The van der Waals surface area contributed by atoms with Crippen LogP contribution < -0.4 is 5.32 Å². The molecule has 0 atom stereocenters. The van der Waals surface area contributed by atoms with E-state index in [0.717, 1.165) is 12.1 Å². The number of carbonyl (C=O) groups is 1. The highest BCUT2D eigenvalue weighted by molar-refractivity contribution is 9.10. The lowest BCUT2D eigenvalue weighted by Crippen LogP contribution is -2.20. The number of alkyl halides is 5. The summed E-state index contributed by atoms with van der Waals surface area (Å²) in [5.41, 5.74) is -1.39. The number of rotatable bonds is 2. The largest absolute Gasteiger partial charge is 0.417 e. The summed E-state index contributed by atoms with van der Waals surface area (Å²) < 4.78 is 60.8. The molecule has 0 aliphatic carbocycles. The van der Waals surface area contributed by atoms with Crippen LogP contribution in [0.3, 0.4) is 0 Å². The van der Waals surface area contributed by atoms with E-state index in [-0.39, 0.29) is 10.2 Å². The maximum atomic E-state index is 12.4. The van der Waals surface area contributed by atoms with Crippen molar-refractivity contribution < 1.29 is 26.7 Å². The molecule has 1 aromatic carbocycles. The molecule has 1 aromatic rings. The Labute approximate surface area is 101 Å². The van der Waals surface area contributed by atoms with E-state index in [4.69, 9.17) is 0 Å². The van der Waals surface area contributed by atoms with Gasteiger partial charge in [-0.1, -0.05) is 15.9 Å². The second-order valence-corrected chi connectivity index (χ2v) is 3.84. The number of hydrogen-bond acceptors (Lipinski definition) is 1. The Morgan fingerprint density at radius 1 is 1.29 bits per heavy atom. The molecule has 1 N–H and O–H groups in total. The van der Waals surface area contributed by atoms with Gasteiger partial charge in [-0.2, -0.15) is 22.0 Å². The van der Waals surface area contributed by atoms with E-state index in [0.29, 0.717) is 6.07 Å². The van der Waals surface area contributed by atoms with Gasteiger partial charge in [-0.05, 0) is 18.2 Å². The Morgan fingerprint density at radius 3 is 2.35 bits per heavy atom. The van der Waals surface area contributed by atoms with Gasteiger partial charge in [0.25, 0.3) is 5.91 Å². The monoisotopic (exact) mass is 317 g/mol. The van der Waals surface area contributed by atoms with E-state index in [1.54, 1.807) is 5.32 Å². The number of amides is 1. The van der Waals surface area contributed by atoms with Crippen LogP contribution in [0.4, 0.5) is 27.6 Å². The summed E-state index contributed by atoms with van der Waals surface area (Å²) in [6, 6.07) is 2.67. The Balaban J connectivity index is 3.01. The second-order valence-electron chi connectivity index (χ2n) is 2.98. The molecule has 0 aliphatic heterocycles. The minimum atomic E-state index is -4.63. The highest BCUT2D eigenvalue weighted by Gasteiger charge is 2.33. The predicted octanol–water partition coefficient (Wildman–Crippen LogP) is 3.67. The molecule has 94 valence electrons. The zero-order chi connectivity index (χ0) is 13.2. The van der Waals surface area contributed by atoms with Crippen LogP contribution in [0.25, 0.3) is 0 Å². The number of nitrogens with one attached hydrogen (secondary N) is 1. The van der Waals surface area contributed by atoms with Gasteiger partial charge in [0, 0.05) is 10.2 Å². The smallest absolute Gasteiger partial charge is 0.321 e. The van der Waals surface area contributed by atoms with E-state index in [1.165, 1.54) is 0 Å². The van der Waals surface area contributed by atoms with Gasteiger partial charge in [0.15, 0.2) is 0 Å². The molecule has 1 rings (SSSR count). The van der Waals surface area contributed by atoms with E-state index < -0.39 is 24.1 Å². The third-order valence-electron chi connectivity index (χ3n) is 1.74. The van der Waals surface area contributed by atoms with Gasteiger partial charge < -0.3 is 5.32 Å². The molecule has 0 aliphatic rings. The lowest BCUT2D eigenvalue weighted by molar-refractivity contribution is -0.138. The molecule has 0 fully saturated rings. The fraction of sp³-hybridized carbons (Fsp3) is 0.222. The lowest BCUT2D eigenvalue weighted by atomic mass is 10.2. The summed E-state index contributed by atoms with van der Waals surface area (Å²) >= 11 is 2.68. The summed E-state index contributed by atoms with van der Waals surface area (Å²) in [6.45, 7) is 0. The van der Waals surface area contributed by atoms with Crippen molar-refractivity contribution >= 4 is 27.5 Å². The predicted molar refractivity (Wildman–Crippen MR) is 53.8 cm³/mol. The number of carbonyl (C=O) groups excluding carboxylic acids is 1. The first-order valence-corrected chi connectivity index (χ1v) is 4.97. The summed E-state index contributed by atoms with van der Waals surface area (Å²) in [5.74, 6) is -1.65. The minimum absolute atomic E-state index is 0.236. The first kappa shape index (κ1) is 13.9. The van der Waals surface area contributed by atoms with Crippen LogP contribution in [0.5, 0.6) is 0 Å². The molecular weight excluding hydrogens is 313 g/mol. The molecule has 8 heteroatoms. The maximum Gasteiger partial charge on any atom is 0.417 e. The van der Waals surface area contributed by atoms with Gasteiger partial charge in [0.2, 0.25) is 0 Å². The van der Waals surface area contributed by atoms with Gasteiger partial charge in [-0.3, -0.25) is 4.79 Å². The molecule has 0 spiro atoms. The standard InChI is InChI=1S/C9H5BrF5NO/c10-6-2-1-4(16-8(17)7(11)12)3-5(6)9(13,14)15/h1-3,7H,(H,16,17). The zero-order valence-corrected chi connectivity index (χ0v) is 9.57. The Morgan fingerprint density at radius 2 is 1.88 bits per heavy atom. The first-order valence-electron chi connectivity index (χ1n) is 4.17. The van der Waals surface area contributed by atoms with Crippen molar-refractivity contribution in [1.29, 1.82) is 0 Å². The van der Waals surface area contributed by atoms with Gasteiger partial charge in [-0.25, -0.2) is 0 Å². The van der Waals surface area contributed by atoms with Crippen molar-refractivity contribution in [3.8, 4) is 0 Å². The van der Waals surface area contributed by atoms with Crippen molar-refractivity contribution in [3.05, 3.63) is 28.2 Å². The van der Waals surface area contributed by atoms with Gasteiger partial charge >= 0.3 is 12.6 Å². The zero-order valence-electron chi connectivity index (χ0n) is 7.99. The molecule has 0 bridgehead atoms. The molecule has 0 saturated heterocycles. The SMILES string of the molecule is O=C(Nc1ccc(Br)c(C(F)(F)F)c1)C(F)F. The van der Waals surface area contributed by atoms with Crippen LogP contribution in [-0.2, 0) is 11.0 Å². The summed E-state index contributed by atoms with van der Waals surface area (Å²) in [4.78, 5) is 10.6. The average Bonchev–Trinajstić information content (AvgIpc) is 2.19. The van der Waals surface area contributed by atoms with Crippen molar-refractivity contribution in [2.45, 2.75) is 12.6 Å². The molecule has 2 nitrogen and oxygen atoms in total. The Bertz CT molecular complexity index is 432. The molecule has 0 unspecified atom stereocenters. The van der Waals surface area contributed by atoms with E-state index in [2.05, 4.69) is 15.9 Å². The Kier molecular flexibility index (Phi) is 4.07. The lowest BCUT2D eigenvalue weighted by Gasteiger charge is -2.11. The van der Waals surface area contributed by atoms with Gasteiger partial charge in [-0.15, -0.1) is 0 Å². The molecular formula is C9H5BrF5NO. The van der Waals surface area contributed by atoms with E-state index >= 15 is 0 Å². The molecule has 0 radical (unpaired) electrons. The summed E-state index contributed by atoms with van der Waals surface area (Å²) in [5, 5.41) is 1.67. The fourth-order valence-electron chi connectivity index (χ4n) is 1.02. The number of anilines is 1. The third kappa shape index (κ3) is 3.65. The quantitative estimate of drug-likeness (QED) is 0.828. The van der Waals surface area contributed by atoms with Gasteiger partial charge in [0.1, 0.15) is 0 Å². The maximum absolute atomic E-state index is 12.4. The highest BCUT2D eigenvalue weighted by Crippen LogP contribution is 2.36. The Hall–Kier alpha value is -1.18. The number of hydrogen-bond donors (Lipinski definition) is 1. The molecule has 17 heavy (non-hydrogen) atoms. The van der Waals surface area contributed by atoms with Crippen LogP contribution in [0.15, 0.2) is 22.7 Å². The van der Waals surface area contributed by atoms with Crippen LogP contribution >= 0.6 is 15.9 Å². The van der Waals surface area contributed by atoms with Crippen LogP contribution in [0, 0.1) is 0 Å². The van der Waals surface area contributed by atoms with Crippen molar-refractivity contribution in [3.63, 3.8) is 0 Å². The summed E-state index contributed by atoms with van der Waals surface area (Å²) in [6.07, 6.45) is -7.92. The van der Waals surface area contributed by atoms with Crippen molar-refractivity contribution in [2.24, 2.45) is 0 Å². The first-order chi connectivity index (χ1) is 7.71. The normalized spacial score (nSPS) is 11.7. The fourth-order valence-corrected chi connectivity index (χ4v) is 1.49. The topological polar surface area (TPSA) is 29.1 Å². The van der Waals surface area contributed by atoms with Crippen LogP contribution in [0.2, 0.25) is 0 Å². The molecule has 0 heterocycles. The molecule has 1 amide bonds. The highest BCUT2D eigenvalue weighted by atomic mass is 79.9. The second kappa shape index (κ2) is 4.99. The van der Waals surface area contributed by atoms with E-state index in [9.17, 15) is 26.7 Å². The minimum Gasteiger partial charge on any atom is -0.321 e. The van der Waals surface area contributed by atoms with Crippen LogP contribution in [-0.4, -0.2) is 12.3 Å². The third-order valence-corrected chi connectivity index (χ3v) is 2.43. The molecule has 0 saturated carbocycles. The molecule has 0 aromatic heterocycles. The number of benzene rings is 1. The van der Waals surface area contributed by atoms with Crippen molar-refractivity contribution in [1.82, 2.24) is 0 Å². The average molecular weight is 318 g/mol. The van der Waals surface area contributed by atoms with Gasteiger partial charge in [0.05, 0.1) is 5.56 Å². The van der Waals surface area contributed by atoms with E-state index in [1.807, 2.05) is 0 Å². The van der Waals surface area contributed by atoms with Crippen molar-refractivity contribution in [2.75, 3.05) is 5.32 Å².